The maximum atomic E-state index is 13.3. The third-order valence-corrected chi connectivity index (χ3v) is 12.6. The van der Waals surface area contributed by atoms with Gasteiger partial charge in [0.25, 0.3) is 0 Å². The minimum Gasteiger partial charge on any atom is -0.465 e. The molecule has 71 heavy (non-hydrogen) atoms. The van der Waals surface area contributed by atoms with E-state index < -0.39 is 86.5 Å². The van der Waals surface area contributed by atoms with Crippen molar-refractivity contribution in [3.8, 4) is 0 Å². The van der Waals surface area contributed by atoms with Crippen molar-refractivity contribution >= 4 is 41.8 Å². The number of ether oxygens (including phenoxy) is 7. The highest BCUT2D eigenvalue weighted by atomic mass is 16.6. The number of unbranched alkanes of at least 4 members (excludes halogenated alkanes) is 12. The first-order valence-electron chi connectivity index (χ1n) is 27.9. The van der Waals surface area contributed by atoms with Gasteiger partial charge in [-0.25, -0.2) is 0 Å². The standard InChI is InChI=1S/C56H101NO14/c1-9-15-21-28-46(29-22-16-10-2)40-65-52(61)38-54(63)69-44-56(42-67-49(58)34-27-37-57(7)8,43-68-50(59)35-36-51(60)71-48(32-25-19-13-5)33-26-20-14-6)45-70-55(64)39-53(62)66-41-47(30-23-17-11-3)31-24-18-12-4/h46-48H,9-45H2,1-8H3. The minimum absolute atomic E-state index is 0.0427. The molecule has 0 aliphatic heterocycles. The molecule has 0 saturated heterocycles. The summed E-state index contributed by atoms with van der Waals surface area (Å²) in [6.45, 7) is 11.4. The maximum Gasteiger partial charge on any atom is 0.317 e. The van der Waals surface area contributed by atoms with E-state index in [1.165, 1.54) is 0 Å². The average Bonchev–Trinajstić information content (AvgIpc) is 3.33. The summed E-state index contributed by atoms with van der Waals surface area (Å²) in [5, 5.41) is 0. The van der Waals surface area contributed by atoms with E-state index in [1.807, 2.05) is 19.0 Å². The Labute approximate surface area is 429 Å². The second kappa shape index (κ2) is 44.9. The molecule has 0 fully saturated rings. The summed E-state index contributed by atoms with van der Waals surface area (Å²) in [7, 11) is 3.74. The van der Waals surface area contributed by atoms with Crippen molar-refractivity contribution in [2.24, 2.45) is 17.3 Å². The summed E-state index contributed by atoms with van der Waals surface area (Å²) >= 11 is 0. The Bertz CT molecular complexity index is 1330. The Hall–Kier alpha value is -3.75. The predicted molar refractivity (Wildman–Crippen MR) is 276 cm³/mol. The number of carbonyl (C=O) groups excluding carboxylic acids is 7. The Balaban J connectivity index is 6.32. The first kappa shape index (κ1) is 67.2. The second-order valence-corrected chi connectivity index (χ2v) is 20.1. The van der Waals surface area contributed by atoms with Gasteiger partial charge in [0.1, 0.15) is 50.8 Å². The number of hydrogen-bond donors (Lipinski definition) is 0. The normalized spacial score (nSPS) is 11.5. The lowest BCUT2D eigenvalue weighted by molar-refractivity contribution is -0.173. The molecular formula is C56H101NO14. The molecule has 0 aromatic heterocycles. The summed E-state index contributed by atoms with van der Waals surface area (Å²) in [5.41, 5.74) is -1.68. The first-order chi connectivity index (χ1) is 34.2. The van der Waals surface area contributed by atoms with Crippen molar-refractivity contribution in [2.45, 2.75) is 240 Å². The molecule has 414 valence electrons. The second-order valence-electron chi connectivity index (χ2n) is 20.1. The molecule has 0 aromatic carbocycles. The maximum absolute atomic E-state index is 13.3. The van der Waals surface area contributed by atoms with Crippen LogP contribution in [0.25, 0.3) is 0 Å². The topological polar surface area (TPSA) is 187 Å². The van der Waals surface area contributed by atoms with Crippen LogP contribution in [-0.4, -0.2) is 113 Å². The van der Waals surface area contributed by atoms with Gasteiger partial charge in [0.15, 0.2) is 0 Å². The van der Waals surface area contributed by atoms with E-state index in [0.29, 0.717) is 13.0 Å². The quantitative estimate of drug-likeness (QED) is 0.0242. The van der Waals surface area contributed by atoms with Gasteiger partial charge >= 0.3 is 41.8 Å². The van der Waals surface area contributed by atoms with Crippen LogP contribution in [0.3, 0.4) is 0 Å². The van der Waals surface area contributed by atoms with Crippen LogP contribution in [0.15, 0.2) is 0 Å². The fourth-order valence-electron chi connectivity index (χ4n) is 8.04. The molecule has 0 amide bonds. The Morgan fingerprint density at radius 1 is 0.366 bits per heavy atom. The highest BCUT2D eigenvalue weighted by Gasteiger charge is 2.38. The van der Waals surface area contributed by atoms with Crippen molar-refractivity contribution in [3.05, 3.63) is 0 Å². The van der Waals surface area contributed by atoms with Gasteiger partial charge < -0.3 is 38.1 Å². The van der Waals surface area contributed by atoms with Crippen LogP contribution in [-0.2, 0) is 66.7 Å². The minimum atomic E-state index is -1.68. The van der Waals surface area contributed by atoms with E-state index >= 15 is 0 Å². The molecule has 0 radical (unpaired) electrons. The Kier molecular flexibility index (Phi) is 42.5. The van der Waals surface area contributed by atoms with Crippen LogP contribution in [0.4, 0.5) is 0 Å². The van der Waals surface area contributed by atoms with Gasteiger partial charge in [-0.15, -0.1) is 0 Å². The van der Waals surface area contributed by atoms with Gasteiger partial charge in [-0.3, -0.25) is 33.6 Å². The monoisotopic (exact) mass is 1010 g/mol. The molecular weight excluding hydrogens is 911 g/mol. The Morgan fingerprint density at radius 2 is 0.676 bits per heavy atom. The summed E-state index contributed by atoms with van der Waals surface area (Å²) in [6.07, 6.45) is 22.1. The molecule has 0 bridgehead atoms. The van der Waals surface area contributed by atoms with Crippen molar-refractivity contribution in [1.82, 2.24) is 4.90 Å². The number of nitrogens with zero attached hydrogens (tertiary/aromatic N) is 1. The van der Waals surface area contributed by atoms with Gasteiger partial charge in [-0.1, -0.05) is 144 Å². The lowest BCUT2D eigenvalue weighted by atomic mass is 9.92. The highest BCUT2D eigenvalue weighted by molar-refractivity contribution is 5.91. The lowest BCUT2D eigenvalue weighted by Gasteiger charge is -2.31. The summed E-state index contributed by atoms with van der Waals surface area (Å²) in [6, 6.07) is 0. The molecule has 0 heterocycles. The van der Waals surface area contributed by atoms with Crippen molar-refractivity contribution in [3.63, 3.8) is 0 Å². The summed E-state index contributed by atoms with van der Waals surface area (Å²) < 4.78 is 39.5. The molecule has 0 saturated carbocycles. The first-order valence-corrected chi connectivity index (χ1v) is 27.9. The molecule has 0 aliphatic carbocycles. The fraction of sp³-hybridized carbons (Fsp3) is 0.875. The molecule has 15 heteroatoms. The van der Waals surface area contributed by atoms with Gasteiger partial charge in [0.05, 0.1) is 26.1 Å². The number of esters is 7. The van der Waals surface area contributed by atoms with Crippen molar-refractivity contribution in [2.75, 3.05) is 60.3 Å². The Morgan fingerprint density at radius 3 is 1.03 bits per heavy atom. The van der Waals surface area contributed by atoms with Crippen LogP contribution >= 0.6 is 0 Å². The van der Waals surface area contributed by atoms with E-state index in [4.69, 9.17) is 33.2 Å². The SMILES string of the molecule is CCCCCC(CCCCC)COC(=O)CC(=O)OCC(COC(=O)CCCN(C)C)(COC(=O)CCC(=O)OC(CCCCC)CCCCC)COC(=O)CC(=O)OCC(CCCCC)CCCCC. The molecule has 0 unspecified atom stereocenters. The molecule has 0 spiro atoms. The van der Waals surface area contributed by atoms with Gasteiger partial charge in [-0.2, -0.15) is 0 Å². The third-order valence-electron chi connectivity index (χ3n) is 12.6. The fourth-order valence-corrected chi connectivity index (χ4v) is 8.04. The van der Waals surface area contributed by atoms with Crippen molar-refractivity contribution in [1.29, 1.82) is 0 Å². The van der Waals surface area contributed by atoms with Gasteiger partial charge in [0.2, 0.25) is 0 Å². The van der Waals surface area contributed by atoms with E-state index in [0.717, 1.165) is 154 Å². The van der Waals surface area contributed by atoms with E-state index in [1.54, 1.807) is 0 Å². The van der Waals surface area contributed by atoms with Gasteiger partial charge in [0, 0.05) is 6.42 Å². The predicted octanol–water partition coefficient (Wildman–Crippen LogP) is 11.8. The number of carbonyl (C=O) groups is 7. The summed E-state index contributed by atoms with van der Waals surface area (Å²) in [4.78, 5) is 93.8. The number of rotatable bonds is 48. The average molecular weight is 1010 g/mol. The number of hydrogen-bond acceptors (Lipinski definition) is 15. The molecule has 0 aliphatic rings. The molecule has 15 nitrogen and oxygen atoms in total. The van der Waals surface area contributed by atoms with Gasteiger partial charge in [-0.05, 0) is 90.3 Å². The van der Waals surface area contributed by atoms with Crippen LogP contribution in [0, 0.1) is 17.3 Å². The third kappa shape index (κ3) is 39.5. The molecule has 0 rings (SSSR count). The zero-order valence-corrected chi connectivity index (χ0v) is 46.1. The molecule has 0 N–H and O–H groups in total. The molecule has 0 atom stereocenters. The lowest BCUT2D eigenvalue weighted by Crippen LogP contribution is -2.44. The van der Waals surface area contributed by atoms with E-state index in [-0.39, 0.29) is 50.4 Å². The van der Waals surface area contributed by atoms with Crippen molar-refractivity contribution < 1.29 is 66.7 Å². The van der Waals surface area contributed by atoms with Crippen LogP contribution in [0.2, 0.25) is 0 Å². The highest BCUT2D eigenvalue weighted by Crippen LogP contribution is 2.25. The largest absolute Gasteiger partial charge is 0.465 e. The zero-order valence-electron chi connectivity index (χ0n) is 46.1. The molecule has 0 aromatic rings. The van der Waals surface area contributed by atoms with E-state index in [2.05, 4.69) is 41.5 Å². The van der Waals surface area contributed by atoms with Crippen LogP contribution in [0.5, 0.6) is 0 Å². The van der Waals surface area contributed by atoms with Crippen LogP contribution < -0.4 is 0 Å². The van der Waals surface area contributed by atoms with E-state index in [9.17, 15) is 33.6 Å². The smallest absolute Gasteiger partial charge is 0.317 e. The summed E-state index contributed by atoms with van der Waals surface area (Å²) in [5.74, 6) is -4.99. The zero-order chi connectivity index (χ0) is 53.0. The van der Waals surface area contributed by atoms with Crippen LogP contribution in [0.1, 0.15) is 234 Å².